The molecular formula is C15H22BrFN2. The summed E-state index contributed by atoms with van der Waals surface area (Å²) < 4.78 is 14.9. The molecule has 2 N–H and O–H groups in total. The first-order valence-corrected chi connectivity index (χ1v) is 7.76. The number of likely N-dealkylation sites (N-methyl/N-ethyl adjacent to an activating group) is 1. The number of rotatable bonds is 5. The minimum Gasteiger partial charge on any atom is -0.329 e. The number of benzene rings is 1. The lowest BCUT2D eigenvalue weighted by Gasteiger charge is -2.30. The molecule has 4 heteroatoms. The molecule has 1 aromatic rings. The Kier molecular flexibility index (Phi) is 5.37. The van der Waals surface area contributed by atoms with Gasteiger partial charge in [-0.15, -0.1) is 0 Å². The van der Waals surface area contributed by atoms with E-state index in [9.17, 15) is 4.39 Å². The Morgan fingerprint density at radius 3 is 2.74 bits per heavy atom. The van der Waals surface area contributed by atoms with Gasteiger partial charge in [0.25, 0.3) is 0 Å². The fourth-order valence-corrected chi connectivity index (χ4v) is 3.42. The molecule has 0 saturated heterocycles. The van der Waals surface area contributed by atoms with E-state index in [0.29, 0.717) is 12.1 Å². The van der Waals surface area contributed by atoms with Gasteiger partial charge in [-0.25, -0.2) is 4.39 Å². The lowest BCUT2D eigenvalue weighted by atomic mass is 10.0. The second-order valence-electron chi connectivity index (χ2n) is 5.51. The molecule has 2 rings (SSSR count). The average molecular weight is 329 g/mol. The molecule has 1 fully saturated rings. The summed E-state index contributed by atoms with van der Waals surface area (Å²) in [5.41, 5.74) is 6.57. The van der Waals surface area contributed by atoms with Gasteiger partial charge in [0.2, 0.25) is 0 Å². The Morgan fingerprint density at radius 2 is 2.11 bits per heavy atom. The van der Waals surface area contributed by atoms with E-state index in [4.69, 9.17) is 5.73 Å². The van der Waals surface area contributed by atoms with Gasteiger partial charge in [0.1, 0.15) is 5.82 Å². The fourth-order valence-electron chi connectivity index (χ4n) is 3.04. The van der Waals surface area contributed by atoms with Crippen LogP contribution >= 0.6 is 15.9 Å². The van der Waals surface area contributed by atoms with E-state index in [-0.39, 0.29) is 11.9 Å². The lowest BCUT2D eigenvalue weighted by molar-refractivity contribution is 0.208. The highest BCUT2D eigenvalue weighted by Crippen LogP contribution is 2.29. The summed E-state index contributed by atoms with van der Waals surface area (Å²) in [6.45, 7) is 1.45. The van der Waals surface area contributed by atoms with Crippen molar-refractivity contribution in [2.45, 2.75) is 31.7 Å². The Hall–Kier alpha value is -0.450. The summed E-state index contributed by atoms with van der Waals surface area (Å²) in [7, 11) is 2.05. The van der Waals surface area contributed by atoms with Crippen LogP contribution in [0.15, 0.2) is 22.7 Å². The van der Waals surface area contributed by atoms with E-state index >= 15 is 0 Å². The molecule has 0 bridgehead atoms. The topological polar surface area (TPSA) is 29.3 Å². The maximum atomic E-state index is 14.0. The van der Waals surface area contributed by atoms with Crippen LogP contribution in [0.25, 0.3) is 0 Å². The second kappa shape index (κ2) is 6.82. The van der Waals surface area contributed by atoms with Crippen LogP contribution in [0.5, 0.6) is 0 Å². The monoisotopic (exact) mass is 328 g/mol. The van der Waals surface area contributed by atoms with Crippen LogP contribution in [0, 0.1) is 11.7 Å². The summed E-state index contributed by atoms with van der Waals surface area (Å²) in [6, 6.07) is 5.03. The minimum absolute atomic E-state index is 0.0434. The summed E-state index contributed by atoms with van der Waals surface area (Å²) >= 11 is 3.41. The molecule has 0 heterocycles. The molecule has 1 aliphatic carbocycles. The Bertz CT molecular complexity index is 419. The SMILES string of the molecule is CN(CC1CCCC1)C(CN)c1cc(Br)ccc1F. The maximum Gasteiger partial charge on any atom is 0.128 e. The van der Waals surface area contributed by atoms with Crippen molar-refractivity contribution in [1.29, 1.82) is 0 Å². The Morgan fingerprint density at radius 1 is 1.42 bits per heavy atom. The van der Waals surface area contributed by atoms with Crippen molar-refractivity contribution < 1.29 is 4.39 Å². The third-order valence-electron chi connectivity index (χ3n) is 4.09. The van der Waals surface area contributed by atoms with Crippen LogP contribution in [-0.2, 0) is 0 Å². The van der Waals surface area contributed by atoms with Crippen molar-refractivity contribution in [3.63, 3.8) is 0 Å². The molecule has 0 amide bonds. The zero-order valence-electron chi connectivity index (χ0n) is 11.4. The van der Waals surface area contributed by atoms with Crippen LogP contribution in [0.4, 0.5) is 4.39 Å². The normalized spacial score (nSPS) is 18.2. The second-order valence-corrected chi connectivity index (χ2v) is 6.42. The first-order valence-electron chi connectivity index (χ1n) is 6.97. The molecule has 1 aromatic carbocycles. The standard InChI is InChI=1S/C15H22BrFN2/c1-19(10-11-4-2-3-5-11)15(9-18)13-8-12(16)6-7-14(13)17/h6-8,11,15H,2-5,9-10,18H2,1H3. The number of nitrogens with two attached hydrogens (primary N) is 1. The summed E-state index contributed by atoms with van der Waals surface area (Å²) in [6.07, 6.45) is 5.25. The van der Waals surface area contributed by atoms with Gasteiger partial charge in [-0.2, -0.15) is 0 Å². The van der Waals surface area contributed by atoms with Crippen molar-refractivity contribution >= 4 is 15.9 Å². The summed E-state index contributed by atoms with van der Waals surface area (Å²) in [4.78, 5) is 2.21. The van der Waals surface area contributed by atoms with Gasteiger partial charge in [-0.3, -0.25) is 4.90 Å². The molecule has 0 aromatic heterocycles. The Balaban J connectivity index is 2.11. The summed E-state index contributed by atoms with van der Waals surface area (Å²) in [5, 5.41) is 0. The molecule has 19 heavy (non-hydrogen) atoms. The quantitative estimate of drug-likeness (QED) is 0.892. The van der Waals surface area contributed by atoms with Crippen molar-refractivity contribution in [2.24, 2.45) is 11.7 Å². The van der Waals surface area contributed by atoms with Crippen LogP contribution in [0.3, 0.4) is 0 Å². The van der Waals surface area contributed by atoms with Crippen LogP contribution in [0.2, 0.25) is 0 Å². The first-order chi connectivity index (χ1) is 9.11. The van der Waals surface area contributed by atoms with E-state index in [1.807, 2.05) is 6.07 Å². The highest BCUT2D eigenvalue weighted by atomic mass is 79.9. The van der Waals surface area contributed by atoms with E-state index in [2.05, 4.69) is 27.9 Å². The van der Waals surface area contributed by atoms with Crippen molar-refractivity contribution in [3.8, 4) is 0 Å². The molecule has 0 spiro atoms. The molecule has 0 radical (unpaired) electrons. The molecule has 0 aliphatic heterocycles. The third kappa shape index (κ3) is 3.77. The number of nitrogens with zero attached hydrogens (tertiary/aromatic N) is 1. The highest BCUT2D eigenvalue weighted by molar-refractivity contribution is 9.10. The van der Waals surface area contributed by atoms with Gasteiger partial charge in [0, 0.05) is 29.2 Å². The number of hydrogen-bond acceptors (Lipinski definition) is 2. The van der Waals surface area contributed by atoms with Gasteiger partial charge in [-0.05, 0) is 44.0 Å². The average Bonchev–Trinajstić information content (AvgIpc) is 2.87. The zero-order chi connectivity index (χ0) is 13.8. The third-order valence-corrected chi connectivity index (χ3v) is 4.59. The predicted octanol–water partition coefficient (Wildman–Crippen LogP) is 3.71. The molecular weight excluding hydrogens is 307 g/mol. The maximum absolute atomic E-state index is 14.0. The van der Waals surface area contributed by atoms with Crippen molar-refractivity contribution in [3.05, 3.63) is 34.1 Å². The van der Waals surface area contributed by atoms with Crippen molar-refractivity contribution in [2.75, 3.05) is 20.1 Å². The smallest absolute Gasteiger partial charge is 0.128 e. The van der Waals surface area contributed by atoms with Gasteiger partial charge in [0.15, 0.2) is 0 Å². The van der Waals surface area contributed by atoms with E-state index < -0.39 is 0 Å². The van der Waals surface area contributed by atoms with Crippen molar-refractivity contribution in [1.82, 2.24) is 4.90 Å². The first kappa shape index (κ1) is 14.9. The largest absolute Gasteiger partial charge is 0.329 e. The van der Waals surface area contributed by atoms with Crippen LogP contribution in [-0.4, -0.2) is 25.0 Å². The van der Waals surface area contributed by atoms with E-state index in [1.165, 1.54) is 31.7 Å². The van der Waals surface area contributed by atoms with Gasteiger partial charge >= 0.3 is 0 Å². The highest BCUT2D eigenvalue weighted by Gasteiger charge is 2.23. The molecule has 1 unspecified atom stereocenters. The minimum atomic E-state index is -0.170. The van der Waals surface area contributed by atoms with Crippen LogP contribution in [0.1, 0.15) is 37.3 Å². The van der Waals surface area contributed by atoms with Crippen LogP contribution < -0.4 is 5.73 Å². The molecule has 2 nitrogen and oxygen atoms in total. The summed E-state index contributed by atoms with van der Waals surface area (Å²) in [5.74, 6) is 0.575. The predicted molar refractivity (Wildman–Crippen MR) is 80.5 cm³/mol. The van der Waals surface area contributed by atoms with Gasteiger partial charge in [-0.1, -0.05) is 28.8 Å². The number of hydrogen-bond donors (Lipinski definition) is 1. The molecule has 1 aliphatic rings. The zero-order valence-corrected chi connectivity index (χ0v) is 13.0. The molecule has 1 saturated carbocycles. The molecule has 1 atom stereocenters. The fraction of sp³-hybridized carbons (Fsp3) is 0.600. The van der Waals surface area contributed by atoms with Gasteiger partial charge in [0.05, 0.1) is 0 Å². The molecule has 106 valence electrons. The Labute approximate surface area is 123 Å². The van der Waals surface area contributed by atoms with E-state index in [1.54, 1.807) is 6.07 Å². The lowest BCUT2D eigenvalue weighted by Crippen LogP contribution is -2.34. The van der Waals surface area contributed by atoms with Gasteiger partial charge < -0.3 is 5.73 Å². The van der Waals surface area contributed by atoms with E-state index in [0.717, 1.165) is 16.9 Å². The number of halogens is 2.